The Hall–Kier alpha value is -5.33. The van der Waals surface area contributed by atoms with Gasteiger partial charge >= 0.3 is 0 Å². The normalized spacial score (nSPS) is 14.1. The van der Waals surface area contributed by atoms with Crippen LogP contribution in [0.25, 0.3) is 17.3 Å². The Morgan fingerprint density at radius 2 is 1.38 bits per heavy atom. The second-order valence-electron chi connectivity index (χ2n) is 12.4. The number of aryl methyl sites for hydroxylation is 1. The van der Waals surface area contributed by atoms with Gasteiger partial charge in [-0.15, -0.1) is 0 Å². The number of carbonyl (C=O) groups is 2. The number of benzene rings is 4. The molecule has 0 unspecified atom stereocenters. The van der Waals surface area contributed by atoms with E-state index in [2.05, 4.69) is 34.1 Å². The van der Waals surface area contributed by atoms with Crippen molar-refractivity contribution in [2.75, 3.05) is 26.2 Å². The van der Waals surface area contributed by atoms with Crippen LogP contribution in [0.4, 0.5) is 0 Å². The van der Waals surface area contributed by atoms with E-state index >= 15 is 0 Å². The van der Waals surface area contributed by atoms with Gasteiger partial charge in [-0.3, -0.25) is 19.5 Å². The highest BCUT2D eigenvalue weighted by molar-refractivity contribution is 5.95. The maximum absolute atomic E-state index is 14.5. The van der Waals surface area contributed by atoms with E-state index in [0.717, 1.165) is 53.1 Å². The average molecular weight is 635 g/mol. The van der Waals surface area contributed by atoms with Crippen LogP contribution in [-0.4, -0.2) is 63.7 Å². The summed E-state index contributed by atoms with van der Waals surface area (Å²) in [7, 11) is 0. The largest absolute Gasteiger partial charge is 0.338 e. The van der Waals surface area contributed by atoms with E-state index in [-0.39, 0.29) is 11.8 Å². The van der Waals surface area contributed by atoms with Gasteiger partial charge in [-0.2, -0.15) is 0 Å². The molecule has 6 rings (SSSR count). The maximum Gasteiger partial charge on any atom is 0.247 e. The minimum Gasteiger partial charge on any atom is -0.338 e. The molecule has 6 nitrogen and oxygen atoms in total. The van der Waals surface area contributed by atoms with Crippen molar-refractivity contribution >= 4 is 17.9 Å². The fraction of sp³-hybridized carbons (Fsp3) is 0.214. The molecule has 1 fully saturated rings. The molecule has 1 aliphatic rings. The summed E-state index contributed by atoms with van der Waals surface area (Å²) in [6.07, 6.45) is 5.66. The topological polar surface area (TPSA) is 56.8 Å². The number of aromatic nitrogens is 1. The van der Waals surface area contributed by atoms with Crippen LogP contribution in [0.3, 0.4) is 0 Å². The lowest BCUT2D eigenvalue weighted by molar-refractivity contribution is -0.145. The number of nitrogens with zero attached hydrogens (tertiary/aromatic N) is 4. The molecule has 0 bridgehead atoms. The smallest absolute Gasteiger partial charge is 0.247 e. The molecule has 1 atom stereocenters. The molecule has 6 heteroatoms. The molecule has 1 aliphatic heterocycles. The zero-order valence-electron chi connectivity index (χ0n) is 27.5. The highest BCUT2D eigenvalue weighted by atomic mass is 16.2. The van der Waals surface area contributed by atoms with Crippen LogP contribution in [-0.2, 0) is 29.1 Å². The number of carbonyl (C=O) groups excluding carboxylic acids is 2. The molecule has 4 aromatic carbocycles. The lowest BCUT2D eigenvalue weighted by atomic mass is 10.0. The second kappa shape index (κ2) is 16.0. The van der Waals surface area contributed by atoms with Crippen LogP contribution in [0.15, 0.2) is 140 Å². The van der Waals surface area contributed by atoms with Crippen LogP contribution in [0.1, 0.15) is 27.8 Å². The Morgan fingerprint density at radius 1 is 0.729 bits per heavy atom. The van der Waals surface area contributed by atoms with Gasteiger partial charge in [0.2, 0.25) is 11.8 Å². The first-order chi connectivity index (χ1) is 23.5. The van der Waals surface area contributed by atoms with Crippen molar-refractivity contribution in [3.8, 4) is 11.3 Å². The van der Waals surface area contributed by atoms with Gasteiger partial charge in [0.05, 0.1) is 5.69 Å². The van der Waals surface area contributed by atoms with Crippen molar-refractivity contribution in [2.24, 2.45) is 0 Å². The first-order valence-electron chi connectivity index (χ1n) is 16.7. The van der Waals surface area contributed by atoms with Gasteiger partial charge in [0.1, 0.15) is 6.04 Å². The fourth-order valence-electron chi connectivity index (χ4n) is 6.14. The fourth-order valence-corrected chi connectivity index (χ4v) is 6.14. The SMILES string of the molecule is Cc1ccc(/C=C/C(=O)N(Cc2ccc(-c3ccccn3)cc2)[C@@H](Cc2ccccc2)C(=O)N2CCN(Cc3ccccc3)CC2)cc1. The first-order valence-corrected chi connectivity index (χ1v) is 16.7. The Kier molecular flexibility index (Phi) is 10.9. The van der Waals surface area contributed by atoms with E-state index in [4.69, 9.17) is 0 Å². The maximum atomic E-state index is 14.5. The number of piperazine rings is 1. The number of rotatable bonds is 11. The van der Waals surface area contributed by atoms with E-state index in [1.54, 1.807) is 17.2 Å². The number of amides is 2. The minimum atomic E-state index is -0.668. The third-order valence-electron chi connectivity index (χ3n) is 8.91. The van der Waals surface area contributed by atoms with E-state index in [0.29, 0.717) is 26.1 Å². The number of hydrogen-bond donors (Lipinski definition) is 0. The van der Waals surface area contributed by atoms with Gasteiger partial charge in [-0.25, -0.2) is 0 Å². The third kappa shape index (κ3) is 8.72. The lowest BCUT2D eigenvalue weighted by Crippen LogP contribution is -2.56. The van der Waals surface area contributed by atoms with Gasteiger partial charge in [0.25, 0.3) is 0 Å². The summed E-state index contributed by atoms with van der Waals surface area (Å²) in [6, 6.07) is 41.8. The van der Waals surface area contributed by atoms with Crippen LogP contribution in [0.2, 0.25) is 0 Å². The van der Waals surface area contributed by atoms with Crippen molar-refractivity contribution in [2.45, 2.75) is 32.5 Å². The van der Waals surface area contributed by atoms with E-state index in [1.165, 1.54) is 5.56 Å². The molecule has 0 aliphatic carbocycles. The van der Waals surface area contributed by atoms with Gasteiger partial charge in [-0.1, -0.05) is 121 Å². The van der Waals surface area contributed by atoms with Crippen LogP contribution < -0.4 is 0 Å². The van der Waals surface area contributed by atoms with E-state index in [1.807, 2.05) is 121 Å². The van der Waals surface area contributed by atoms with Crippen LogP contribution in [0.5, 0.6) is 0 Å². The molecule has 1 aromatic heterocycles. The van der Waals surface area contributed by atoms with Crippen LogP contribution in [0, 0.1) is 6.92 Å². The van der Waals surface area contributed by atoms with Crippen LogP contribution >= 0.6 is 0 Å². The minimum absolute atomic E-state index is 0.0135. The molecule has 0 spiro atoms. The van der Waals surface area contributed by atoms with Gasteiger partial charge in [0, 0.05) is 63.5 Å². The molecular weight excluding hydrogens is 592 g/mol. The van der Waals surface area contributed by atoms with Gasteiger partial charge in [-0.05, 0) is 47.4 Å². The highest BCUT2D eigenvalue weighted by Gasteiger charge is 2.34. The molecule has 48 heavy (non-hydrogen) atoms. The summed E-state index contributed by atoms with van der Waals surface area (Å²) in [5, 5.41) is 0. The first kappa shape index (κ1) is 32.6. The molecule has 0 saturated carbocycles. The summed E-state index contributed by atoms with van der Waals surface area (Å²) >= 11 is 0. The molecule has 2 heterocycles. The Labute approximate surface area is 284 Å². The Balaban J connectivity index is 1.27. The number of pyridine rings is 1. The Morgan fingerprint density at radius 3 is 2.02 bits per heavy atom. The van der Waals surface area contributed by atoms with Crippen molar-refractivity contribution < 1.29 is 9.59 Å². The molecule has 0 radical (unpaired) electrons. The Bertz CT molecular complexity index is 1780. The van der Waals surface area contributed by atoms with Gasteiger partial charge in [0.15, 0.2) is 0 Å². The average Bonchev–Trinajstić information content (AvgIpc) is 3.14. The van der Waals surface area contributed by atoms with Crippen molar-refractivity contribution in [3.63, 3.8) is 0 Å². The monoisotopic (exact) mass is 634 g/mol. The van der Waals surface area contributed by atoms with Crippen molar-refractivity contribution in [1.29, 1.82) is 0 Å². The van der Waals surface area contributed by atoms with Crippen molar-refractivity contribution in [1.82, 2.24) is 19.7 Å². The molecule has 5 aromatic rings. The van der Waals surface area contributed by atoms with Gasteiger partial charge < -0.3 is 9.80 Å². The summed E-state index contributed by atoms with van der Waals surface area (Å²) in [4.78, 5) is 39.3. The molecule has 2 amide bonds. The lowest BCUT2D eigenvalue weighted by Gasteiger charge is -2.39. The third-order valence-corrected chi connectivity index (χ3v) is 8.91. The standard InChI is InChI=1S/C42H42N4O2/c1-33-15-17-34(18-16-33)21-24-41(47)46(32-37-19-22-38(23-20-37)39-14-8-9-25-43-39)40(30-35-10-4-2-5-11-35)42(48)45-28-26-44(27-29-45)31-36-12-6-3-7-13-36/h2-25,40H,26-32H2,1H3/b24-21+/t40-/m0/s1. The predicted molar refractivity (Wildman–Crippen MR) is 193 cm³/mol. The van der Waals surface area contributed by atoms with E-state index < -0.39 is 6.04 Å². The predicted octanol–water partition coefficient (Wildman–Crippen LogP) is 7.05. The quantitative estimate of drug-likeness (QED) is 0.146. The molecular formula is C42H42N4O2. The molecule has 1 saturated heterocycles. The summed E-state index contributed by atoms with van der Waals surface area (Å²) in [6.45, 7) is 6.02. The molecule has 0 N–H and O–H groups in total. The second-order valence-corrected chi connectivity index (χ2v) is 12.4. The summed E-state index contributed by atoms with van der Waals surface area (Å²) in [5.74, 6) is -0.207. The van der Waals surface area contributed by atoms with E-state index in [9.17, 15) is 9.59 Å². The zero-order chi connectivity index (χ0) is 33.1. The number of hydrogen-bond acceptors (Lipinski definition) is 4. The summed E-state index contributed by atoms with van der Waals surface area (Å²) in [5.41, 5.74) is 7.23. The summed E-state index contributed by atoms with van der Waals surface area (Å²) < 4.78 is 0. The highest BCUT2D eigenvalue weighted by Crippen LogP contribution is 2.22. The van der Waals surface area contributed by atoms with Crippen molar-refractivity contribution in [3.05, 3.63) is 167 Å². The zero-order valence-corrected chi connectivity index (χ0v) is 27.5. The molecule has 242 valence electrons.